The summed E-state index contributed by atoms with van der Waals surface area (Å²) in [6, 6.07) is 1.79. The van der Waals surface area contributed by atoms with E-state index in [2.05, 4.69) is 25.3 Å². The first kappa shape index (κ1) is 9.32. The SMILES string of the molecule is CNc1cc(-c2cncnc2)nc(N)n1. The summed E-state index contributed by atoms with van der Waals surface area (Å²) < 4.78 is 0. The summed E-state index contributed by atoms with van der Waals surface area (Å²) >= 11 is 0. The molecule has 2 aromatic heterocycles. The zero-order valence-electron chi connectivity index (χ0n) is 8.18. The Balaban J connectivity index is 2.49. The van der Waals surface area contributed by atoms with Crippen LogP contribution in [0.25, 0.3) is 11.3 Å². The average molecular weight is 202 g/mol. The van der Waals surface area contributed by atoms with Crippen LogP contribution in [0.3, 0.4) is 0 Å². The third-order valence-electron chi connectivity index (χ3n) is 1.86. The molecule has 0 fully saturated rings. The van der Waals surface area contributed by atoms with E-state index < -0.39 is 0 Å². The molecule has 0 aliphatic carbocycles. The maximum Gasteiger partial charge on any atom is 0.222 e. The summed E-state index contributed by atoms with van der Waals surface area (Å²) in [6.45, 7) is 0. The van der Waals surface area contributed by atoms with E-state index in [0.717, 1.165) is 5.56 Å². The third-order valence-corrected chi connectivity index (χ3v) is 1.86. The molecule has 0 aliphatic rings. The molecule has 15 heavy (non-hydrogen) atoms. The van der Waals surface area contributed by atoms with Gasteiger partial charge in [0.2, 0.25) is 5.95 Å². The van der Waals surface area contributed by atoms with Gasteiger partial charge < -0.3 is 11.1 Å². The number of aromatic nitrogens is 4. The largest absolute Gasteiger partial charge is 0.373 e. The maximum absolute atomic E-state index is 5.57. The first-order chi connectivity index (χ1) is 7.29. The second-order valence-corrected chi connectivity index (χ2v) is 2.87. The van der Waals surface area contributed by atoms with Crippen LogP contribution in [-0.2, 0) is 0 Å². The number of nitrogens with two attached hydrogens (primary N) is 1. The van der Waals surface area contributed by atoms with Crippen molar-refractivity contribution in [2.75, 3.05) is 18.1 Å². The van der Waals surface area contributed by atoms with Gasteiger partial charge in [0.15, 0.2) is 0 Å². The molecule has 0 amide bonds. The maximum atomic E-state index is 5.57. The fourth-order valence-corrected chi connectivity index (χ4v) is 1.17. The van der Waals surface area contributed by atoms with Gasteiger partial charge in [-0.2, -0.15) is 4.98 Å². The van der Waals surface area contributed by atoms with Crippen LogP contribution in [0.4, 0.5) is 11.8 Å². The summed E-state index contributed by atoms with van der Waals surface area (Å²) in [5, 5.41) is 2.91. The number of nitrogen functional groups attached to an aromatic ring is 1. The first-order valence-electron chi connectivity index (χ1n) is 4.37. The van der Waals surface area contributed by atoms with Gasteiger partial charge in [0.1, 0.15) is 12.1 Å². The van der Waals surface area contributed by atoms with E-state index in [0.29, 0.717) is 11.5 Å². The topological polar surface area (TPSA) is 89.6 Å². The molecule has 0 unspecified atom stereocenters. The molecule has 0 saturated heterocycles. The van der Waals surface area contributed by atoms with Crippen LogP contribution in [0.1, 0.15) is 0 Å². The molecule has 0 aliphatic heterocycles. The molecular formula is C9H10N6. The fourth-order valence-electron chi connectivity index (χ4n) is 1.17. The number of hydrogen-bond acceptors (Lipinski definition) is 6. The predicted octanol–water partition coefficient (Wildman–Crippen LogP) is 0.557. The van der Waals surface area contributed by atoms with E-state index in [1.807, 2.05) is 0 Å². The standard InChI is InChI=1S/C9H10N6/c1-11-8-2-7(14-9(10)15-8)6-3-12-5-13-4-6/h2-5H,1H3,(H3,10,11,14,15). The number of rotatable bonds is 2. The van der Waals surface area contributed by atoms with Gasteiger partial charge >= 0.3 is 0 Å². The Hall–Kier alpha value is -2.24. The lowest BCUT2D eigenvalue weighted by Gasteiger charge is -2.04. The van der Waals surface area contributed by atoms with Crippen LogP contribution in [0.15, 0.2) is 24.8 Å². The lowest BCUT2D eigenvalue weighted by Crippen LogP contribution is -2.01. The molecule has 0 bridgehead atoms. The minimum absolute atomic E-state index is 0.223. The summed E-state index contributed by atoms with van der Waals surface area (Å²) in [4.78, 5) is 15.9. The molecule has 6 nitrogen and oxygen atoms in total. The van der Waals surface area contributed by atoms with Gasteiger partial charge in [-0.3, -0.25) is 0 Å². The zero-order valence-corrected chi connectivity index (χ0v) is 8.18. The van der Waals surface area contributed by atoms with E-state index in [1.165, 1.54) is 6.33 Å². The van der Waals surface area contributed by atoms with Gasteiger partial charge in [0.05, 0.1) is 5.69 Å². The lowest BCUT2D eigenvalue weighted by molar-refractivity contribution is 1.14. The monoisotopic (exact) mass is 202 g/mol. The highest BCUT2D eigenvalue weighted by Gasteiger charge is 2.03. The molecule has 2 rings (SSSR count). The normalized spacial score (nSPS) is 9.93. The van der Waals surface area contributed by atoms with Crippen LogP contribution in [0.2, 0.25) is 0 Å². The minimum Gasteiger partial charge on any atom is -0.373 e. The van der Waals surface area contributed by atoms with Crippen molar-refractivity contribution >= 4 is 11.8 Å². The quantitative estimate of drug-likeness (QED) is 0.739. The Morgan fingerprint density at radius 3 is 2.60 bits per heavy atom. The van der Waals surface area contributed by atoms with Crippen molar-refractivity contribution in [2.45, 2.75) is 0 Å². The van der Waals surface area contributed by atoms with Crippen molar-refractivity contribution in [3.63, 3.8) is 0 Å². The highest BCUT2D eigenvalue weighted by Crippen LogP contribution is 2.18. The number of nitrogens with one attached hydrogen (secondary N) is 1. The highest BCUT2D eigenvalue weighted by atomic mass is 15.1. The molecule has 0 radical (unpaired) electrons. The Morgan fingerprint density at radius 1 is 1.20 bits per heavy atom. The van der Waals surface area contributed by atoms with Crippen LogP contribution < -0.4 is 11.1 Å². The van der Waals surface area contributed by atoms with Crippen LogP contribution in [0, 0.1) is 0 Å². The molecule has 0 spiro atoms. The van der Waals surface area contributed by atoms with E-state index in [-0.39, 0.29) is 5.95 Å². The van der Waals surface area contributed by atoms with E-state index in [9.17, 15) is 0 Å². The molecule has 6 heteroatoms. The third kappa shape index (κ3) is 1.98. The predicted molar refractivity (Wildman–Crippen MR) is 57.0 cm³/mol. The lowest BCUT2D eigenvalue weighted by atomic mass is 10.2. The Labute approximate surface area is 86.6 Å². The summed E-state index contributed by atoms with van der Waals surface area (Å²) in [5.74, 6) is 0.891. The molecule has 76 valence electrons. The van der Waals surface area contributed by atoms with Crippen molar-refractivity contribution in [1.29, 1.82) is 0 Å². The number of anilines is 2. The van der Waals surface area contributed by atoms with Gasteiger partial charge in [-0.1, -0.05) is 0 Å². The smallest absolute Gasteiger partial charge is 0.222 e. The Bertz CT molecular complexity index is 455. The average Bonchev–Trinajstić information content (AvgIpc) is 2.29. The summed E-state index contributed by atoms with van der Waals surface area (Å²) in [7, 11) is 1.77. The molecule has 0 atom stereocenters. The van der Waals surface area contributed by atoms with Crippen molar-refractivity contribution in [1.82, 2.24) is 19.9 Å². The molecular weight excluding hydrogens is 192 g/mol. The molecule has 2 aromatic rings. The summed E-state index contributed by atoms with van der Waals surface area (Å²) in [5.41, 5.74) is 7.08. The van der Waals surface area contributed by atoms with Crippen LogP contribution >= 0.6 is 0 Å². The summed E-state index contributed by atoms with van der Waals surface area (Å²) in [6.07, 6.45) is 4.81. The van der Waals surface area contributed by atoms with E-state index >= 15 is 0 Å². The zero-order chi connectivity index (χ0) is 10.7. The van der Waals surface area contributed by atoms with Crippen molar-refractivity contribution in [3.8, 4) is 11.3 Å². The second kappa shape index (κ2) is 3.87. The molecule has 0 aromatic carbocycles. The second-order valence-electron chi connectivity index (χ2n) is 2.87. The first-order valence-corrected chi connectivity index (χ1v) is 4.37. The van der Waals surface area contributed by atoms with Gasteiger partial charge in [-0.05, 0) is 0 Å². The van der Waals surface area contributed by atoms with E-state index in [1.54, 1.807) is 25.5 Å². The molecule has 2 heterocycles. The Kier molecular flexibility index (Phi) is 2.40. The highest BCUT2D eigenvalue weighted by molar-refractivity contribution is 5.62. The van der Waals surface area contributed by atoms with Crippen molar-refractivity contribution in [3.05, 3.63) is 24.8 Å². The fraction of sp³-hybridized carbons (Fsp3) is 0.111. The van der Waals surface area contributed by atoms with E-state index in [4.69, 9.17) is 5.73 Å². The van der Waals surface area contributed by atoms with Gasteiger partial charge in [-0.25, -0.2) is 15.0 Å². The molecule has 3 N–H and O–H groups in total. The number of hydrogen-bond donors (Lipinski definition) is 2. The van der Waals surface area contributed by atoms with Gasteiger partial charge in [0.25, 0.3) is 0 Å². The Morgan fingerprint density at radius 2 is 1.93 bits per heavy atom. The number of nitrogens with zero attached hydrogens (tertiary/aromatic N) is 4. The van der Waals surface area contributed by atoms with Crippen LogP contribution in [0.5, 0.6) is 0 Å². The molecule has 0 saturated carbocycles. The van der Waals surface area contributed by atoms with Gasteiger partial charge in [-0.15, -0.1) is 0 Å². The van der Waals surface area contributed by atoms with Crippen molar-refractivity contribution < 1.29 is 0 Å². The minimum atomic E-state index is 0.223. The van der Waals surface area contributed by atoms with Crippen LogP contribution in [-0.4, -0.2) is 27.0 Å². The van der Waals surface area contributed by atoms with Crippen molar-refractivity contribution in [2.24, 2.45) is 0 Å². The van der Waals surface area contributed by atoms with Gasteiger partial charge in [0, 0.05) is 31.1 Å².